The van der Waals surface area contributed by atoms with Gasteiger partial charge in [0.25, 0.3) is 0 Å². The first kappa shape index (κ1) is 15.7. The van der Waals surface area contributed by atoms with E-state index in [1.807, 2.05) is 4.90 Å². The largest absolute Gasteiger partial charge is 0.488 e. The minimum Gasteiger partial charge on any atom is -0.488 e. The van der Waals surface area contributed by atoms with Crippen LogP contribution in [0.3, 0.4) is 0 Å². The molecule has 0 unspecified atom stereocenters. The Morgan fingerprint density at radius 2 is 2.29 bits per heavy atom. The summed E-state index contributed by atoms with van der Waals surface area (Å²) in [5.74, 6) is -0.423. The number of halogens is 1. The highest BCUT2D eigenvalue weighted by molar-refractivity contribution is 5.71. The maximum Gasteiger partial charge on any atom is 0.320 e. The van der Waals surface area contributed by atoms with Gasteiger partial charge in [0, 0.05) is 13.1 Å². The van der Waals surface area contributed by atoms with Crippen molar-refractivity contribution in [1.29, 1.82) is 0 Å². The van der Waals surface area contributed by atoms with Gasteiger partial charge < -0.3 is 14.2 Å². The van der Waals surface area contributed by atoms with E-state index in [1.54, 1.807) is 25.1 Å². The predicted octanol–water partition coefficient (Wildman–Crippen LogP) is 1.47. The first-order chi connectivity index (χ1) is 10.2. The Morgan fingerprint density at radius 1 is 1.48 bits per heavy atom. The van der Waals surface area contributed by atoms with Crippen LogP contribution >= 0.6 is 0 Å². The van der Waals surface area contributed by atoms with Crippen LogP contribution in [0.1, 0.15) is 6.92 Å². The number of para-hydroxylation sites is 1. The molecule has 0 saturated carbocycles. The maximum atomic E-state index is 13.4. The Morgan fingerprint density at radius 3 is 3.05 bits per heavy atom. The van der Waals surface area contributed by atoms with Crippen LogP contribution in [0.2, 0.25) is 0 Å². The molecule has 116 valence electrons. The Kier molecular flexibility index (Phi) is 5.95. The summed E-state index contributed by atoms with van der Waals surface area (Å²) in [7, 11) is 0. The van der Waals surface area contributed by atoms with Crippen molar-refractivity contribution < 1.29 is 23.4 Å². The van der Waals surface area contributed by atoms with Crippen LogP contribution in [-0.4, -0.2) is 56.4 Å². The molecule has 0 aliphatic carbocycles. The molecule has 1 aromatic carbocycles. The first-order valence-corrected chi connectivity index (χ1v) is 7.06. The lowest BCUT2D eigenvalue weighted by Gasteiger charge is -2.32. The van der Waals surface area contributed by atoms with Crippen molar-refractivity contribution in [3.05, 3.63) is 30.1 Å². The summed E-state index contributed by atoms with van der Waals surface area (Å²) >= 11 is 0. The second kappa shape index (κ2) is 7.95. The predicted molar refractivity (Wildman–Crippen MR) is 74.7 cm³/mol. The second-order valence-electron chi connectivity index (χ2n) is 4.77. The average molecular weight is 297 g/mol. The topological polar surface area (TPSA) is 48.0 Å². The summed E-state index contributed by atoms with van der Waals surface area (Å²) in [4.78, 5) is 13.4. The van der Waals surface area contributed by atoms with E-state index >= 15 is 0 Å². The van der Waals surface area contributed by atoms with Gasteiger partial charge in [-0.25, -0.2) is 4.39 Å². The Labute approximate surface area is 123 Å². The SMILES string of the molecule is CCOC(=O)CN1CCO[C@@H](COc2ccccc2F)C1. The molecular weight excluding hydrogens is 277 g/mol. The van der Waals surface area contributed by atoms with Gasteiger partial charge in [-0.05, 0) is 19.1 Å². The van der Waals surface area contributed by atoms with E-state index in [2.05, 4.69) is 0 Å². The number of nitrogens with zero attached hydrogens (tertiary/aromatic N) is 1. The zero-order chi connectivity index (χ0) is 15.1. The molecule has 6 heteroatoms. The first-order valence-electron chi connectivity index (χ1n) is 7.06. The van der Waals surface area contributed by atoms with Crippen molar-refractivity contribution in [3.63, 3.8) is 0 Å². The second-order valence-corrected chi connectivity index (χ2v) is 4.77. The molecule has 21 heavy (non-hydrogen) atoms. The van der Waals surface area contributed by atoms with Crippen molar-refractivity contribution >= 4 is 5.97 Å². The number of hydrogen-bond donors (Lipinski definition) is 0. The maximum absolute atomic E-state index is 13.4. The molecule has 0 N–H and O–H groups in total. The molecule has 0 aromatic heterocycles. The molecule has 1 heterocycles. The summed E-state index contributed by atoms with van der Waals surface area (Å²) in [6, 6.07) is 6.26. The third kappa shape index (κ3) is 4.99. The highest BCUT2D eigenvalue weighted by Gasteiger charge is 2.23. The van der Waals surface area contributed by atoms with Crippen LogP contribution in [0, 0.1) is 5.82 Å². The smallest absolute Gasteiger partial charge is 0.320 e. The Hall–Kier alpha value is -1.66. The number of carbonyl (C=O) groups excluding carboxylic acids is 1. The molecule has 2 rings (SSSR count). The summed E-state index contributed by atoms with van der Waals surface area (Å²) in [5.41, 5.74) is 0. The van der Waals surface area contributed by atoms with E-state index < -0.39 is 5.82 Å². The van der Waals surface area contributed by atoms with E-state index in [4.69, 9.17) is 14.2 Å². The van der Waals surface area contributed by atoms with E-state index in [1.165, 1.54) is 6.07 Å². The summed E-state index contributed by atoms with van der Waals surface area (Å²) in [6.07, 6.45) is -0.187. The van der Waals surface area contributed by atoms with E-state index in [-0.39, 0.29) is 31.0 Å². The van der Waals surface area contributed by atoms with Crippen LogP contribution in [0.25, 0.3) is 0 Å². The lowest BCUT2D eigenvalue weighted by Crippen LogP contribution is -2.47. The van der Waals surface area contributed by atoms with Crippen LogP contribution in [0.5, 0.6) is 5.75 Å². The third-order valence-corrected chi connectivity index (χ3v) is 3.14. The van der Waals surface area contributed by atoms with Crippen molar-refractivity contribution in [3.8, 4) is 5.75 Å². The van der Waals surface area contributed by atoms with Gasteiger partial charge in [0.2, 0.25) is 0 Å². The fourth-order valence-electron chi connectivity index (χ4n) is 2.16. The zero-order valence-electron chi connectivity index (χ0n) is 12.1. The van der Waals surface area contributed by atoms with E-state index in [0.29, 0.717) is 26.3 Å². The quantitative estimate of drug-likeness (QED) is 0.744. The van der Waals surface area contributed by atoms with Crippen LogP contribution in [0.4, 0.5) is 4.39 Å². The van der Waals surface area contributed by atoms with Gasteiger partial charge in [0.05, 0.1) is 19.8 Å². The summed E-state index contributed by atoms with van der Waals surface area (Å²) < 4.78 is 29.4. The molecule has 1 aliphatic heterocycles. The fourth-order valence-corrected chi connectivity index (χ4v) is 2.16. The van der Waals surface area contributed by atoms with Crippen LogP contribution in [-0.2, 0) is 14.3 Å². The molecule has 1 aliphatic rings. The van der Waals surface area contributed by atoms with Crippen molar-refractivity contribution in [2.24, 2.45) is 0 Å². The number of rotatable bonds is 6. The fraction of sp³-hybridized carbons (Fsp3) is 0.533. The minimum absolute atomic E-state index is 0.187. The average Bonchev–Trinajstić information content (AvgIpc) is 2.47. The number of hydrogen-bond acceptors (Lipinski definition) is 5. The van der Waals surface area contributed by atoms with Gasteiger partial charge in [-0.2, -0.15) is 0 Å². The molecule has 1 saturated heterocycles. The van der Waals surface area contributed by atoms with Gasteiger partial charge in [-0.15, -0.1) is 0 Å². The van der Waals surface area contributed by atoms with E-state index in [9.17, 15) is 9.18 Å². The number of morpholine rings is 1. The number of benzene rings is 1. The van der Waals surface area contributed by atoms with Crippen molar-refractivity contribution in [2.45, 2.75) is 13.0 Å². The van der Waals surface area contributed by atoms with E-state index in [0.717, 1.165) is 0 Å². The van der Waals surface area contributed by atoms with Crippen molar-refractivity contribution in [2.75, 3.05) is 39.5 Å². The van der Waals surface area contributed by atoms with Gasteiger partial charge in [0.15, 0.2) is 11.6 Å². The highest BCUT2D eigenvalue weighted by atomic mass is 19.1. The van der Waals surface area contributed by atoms with Crippen LogP contribution in [0.15, 0.2) is 24.3 Å². The van der Waals surface area contributed by atoms with Gasteiger partial charge in [-0.3, -0.25) is 9.69 Å². The highest BCUT2D eigenvalue weighted by Crippen LogP contribution is 2.16. The molecule has 0 spiro atoms. The van der Waals surface area contributed by atoms with Crippen LogP contribution < -0.4 is 4.74 Å². The van der Waals surface area contributed by atoms with Gasteiger partial charge >= 0.3 is 5.97 Å². The van der Waals surface area contributed by atoms with Gasteiger partial charge in [0.1, 0.15) is 12.7 Å². The van der Waals surface area contributed by atoms with Crippen molar-refractivity contribution in [1.82, 2.24) is 4.90 Å². The summed E-state index contributed by atoms with van der Waals surface area (Å²) in [6.45, 7) is 4.41. The zero-order valence-corrected chi connectivity index (χ0v) is 12.1. The lowest BCUT2D eigenvalue weighted by atomic mass is 10.3. The number of esters is 1. The Bertz CT molecular complexity index is 469. The normalized spacial score (nSPS) is 19.2. The molecule has 1 atom stereocenters. The molecule has 0 bridgehead atoms. The number of carbonyl (C=O) groups is 1. The van der Waals surface area contributed by atoms with Gasteiger partial charge in [-0.1, -0.05) is 12.1 Å². The lowest BCUT2D eigenvalue weighted by molar-refractivity contribution is -0.146. The monoisotopic (exact) mass is 297 g/mol. The molecule has 0 amide bonds. The molecular formula is C15H20FNO4. The summed E-state index contributed by atoms with van der Waals surface area (Å²) in [5, 5.41) is 0. The molecule has 1 fully saturated rings. The number of ether oxygens (including phenoxy) is 3. The minimum atomic E-state index is -0.392. The Balaban J connectivity index is 1.79. The molecule has 5 nitrogen and oxygen atoms in total. The standard InChI is InChI=1S/C15H20FNO4/c1-2-19-15(18)10-17-7-8-20-12(9-17)11-21-14-6-4-3-5-13(14)16/h3-6,12H,2,7-11H2,1H3/t12-/m1/s1. The third-order valence-electron chi connectivity index (χ3n) is 3.14. The molecule has 0 radical (unpaired) electrons. The molecule has 1 aromatic rings.